The molecule has 28 heavy (non-hydrogen) atoms. The van der Waals surface area contributed by atoms with Crippen molar-refractivity contribution in [3.63, 3.8) is 0 Å². The maximum atomic E-state index is 9.37. The van der Waals surface area contributed by atoms with Crippen molar-refractivity contribution in [2.45, 2.75) is 0 Å². The third kappa shape index (κ3) is 247. The molecule has 28 heteroatoms. The zero-order valence-corrected chi connectivity index (χ0v) is 23.0. The van der Waals surface area contributed by atoms with E-state index in [4.69, 9.17) is 44.2 Å². The molecule has 0 aliphatic rings. The minimum atomic E-state index is -5.31. The van der Waals surface area contributed by atoms with Crippen molar-refractivity contribution in [3.8, 4) is 0 Å². The summed E-state index contributed by atoms with van der Waals surface area (Å²) in [5, 5.41) is 0. The van der Waals surface area contributed by atoms with Gasteiger partial charge in [0.25, 0.3) is 0 Å². The van der Waals surface area contributed by atoms with Crippen molar-refractivity contribution in [2.75, 3.05) is 0 Å². The van der Waals surface area contributed by atoms with Gasteiger partial charge in [0, 0.05) is 10.4 Å². The van der Waals surface area contributed by atoms with Gasteiger partial charge in [-0.2, -0.15) is 0 Å². The molecule has 0 amide bonds. The van der Waals surface area contributed by atoms with E-state index >= 15 is 0 Å². The Hall–Kier alpha value is 2.19. The Bertz CT molecular complexity index is 592. The van der Waals surface area contributed by atoms with Gasteiger partial charge in [0.1, 0.15) is 0 Å². The summed E-state index contributed by atoms with van der Waals surface area (Å²) in [7, 11) is -15.8. The predicted molar refractivity (Wildman–Crippen MR) is 67.1 cm³/mol. The van der Waals surface area contributed by atoms with E-state index in [1.54, 1.807) is 0 Å². The van der Waals surface area contributed by atoms with E-state index in [9.17, 15) is 25.9 Å². The van der Waals surface area contributed by atoms with Crippen LogP contribution >= 0.6 is 0 Å². The molecule has 168 valence electrons. The summed E-state index contributed by atoms with van der Waals surface area (Å²) in [5.74, 6) is 0. The van der Waals surface area contributed by atoms with Crippen LogP contribution in [0.3, 0.4) is 0 Å². The van der Waals surface area contributed by atoms with E-state index in [1.807, 2.05) is 0 Å². The Morgan fingerprint density at radius 1 is 0.643 bits per heavy atom. The number of rotatable bonds is 3. The van der Waals surface area contributed by atoms with Crippen LogP contribution < -0.4 is 71.4 Å². The first-order chi connectivity index (χ1) is 9.67. The van der Waals surface area contributed by atoms with E-state index in [2.05, 4.69) is 8.67 Å². The zero-order chi connectivity index (χ0) is 20.1. The van der Waals surface area contributed by atoms with E-state index < -0.39 is 53.9 Å². The number of hydrogen-bond donors (Lipinski definition) is 4. The Morgan fingerprint density at radius 3 is 0.750 bits per heavy atom. The van der Waals surface area contributed by atoms with Crippen molar-refractivity contribution in [1.29, 1.82) is 0 Å². The molecule has 0 saturated carbocycles. The summed E-state index contributed by atoms with van der Waals surface area (Å²) in [6.07, 6.45) is 0. The topological polar surface area (TPSA) is 407 Å². The summed E-state index contributed by atoms with van der Waals surface area (Å²) in [6, 6.07) is 0. The largest absolute Gasteiger partial charge is 2.00 e. The molecule has 0 fully saturated rings. The van der Waals surface area contributed by atoms with Crippen molar-refractivity contribution in [1.82, 2.24) is 12.3 Å². The molecule has 0 heterocycles. The van der Waals surface area contributed by atoms with Crippen LogP contribution in [0.1, 0.15) is 0 Å². The molecule has 0 rings (SSSR count). The van der Waals surface area contributed by atoms with Gasteiger partial charge in [0.2, 0.25) is 20.8 Å². The molecule has 0 spiro atoms. The average Bonchev–Trinajstić information content (AvgIpc) is 2.07. The Labute approximate surface area is 218 Å². The van der Waals surface area contributed by atoms with Crippen LogP contribution in [0.15, 0.2) is 0 Å². The molecule has 2 unspecified atom stereocenters. The van der Waals surface area contributed by atoms with E-state index in [-0.39, 0.29) is 88.5 Å². The molecule has 0 aromatic heterocycles. The molecule has 0 saturated heterocycles. The fraction of sp³-hybridized carbons (Fsp3) is 0. The van der Waals surface area contributed by atoms with Gasteiger partial charge in [-0.05, 0) is 0 Å². The molecule has 10 N–H and O–H groups in total. The summed E-state index contributed by atoms with van der Waals surface area (Å²) in [5.41, 5.74) is 0. The quantitative estimate of drug-likeness (QED) is 0.0593. The average molecular weight is 588 g/mol. The number of quaternary nitrogens is 2. The minimum Gasteiger partial charge on any atom is -0.759 e. The summed E-state index contributed by atoms with van der Waals surface area (Å²) < 4.78 is 144. The van der Waals surface area contributed by atoms with Crippen LogP contribution in [0.2, 0.25) is 0 Å². The van der Waals surface area contributed by atoms with Crippen molar-refractivity contribution < 1.29 is 155 Å². The van der Waals surface area contributed by atoms with Gasteiger partial charge < -0.3 is 48.7 Å². The van der Waals surface area contributed by atoms with Gasteiger partial charge in [-0.15, -0.1) is 8.67 Å². The van der Waals surface area contributed by atoms with Crippen molar-refractivity contribution >= 4 is 53.9 Å². The van der Waals surface area contributed by atoms with Crippen LogP contribution in [0.25, 0.3) is 0 Å². The Morgan fingerprint density at radius 2 is 0.714 bits per heavy atom. The molecular weight excluding hydrogens is 578 g/mol. The first-order valence-corrected chi connectivity index (χ1v) is 9.26. The fourth-order valence-corrected chi connectivity index (χ4v) is 0.612. The van der Waals surface area contributed by atoms with Crippen molar-refractivity contribution in [3.05, 3.63) is 0 Å². The predicted octanol–water partition coefficient (Wildman–Crippen LogP) is -10.0. The minimum absolute atomic E-state index is 0. The molecule has 2 atom stereocenters. The molecule has 0 radical (unpaired) electrons. The Balaban J connectivity index is -0.0000000251. The molecule has 0 aliphatic carbocycles. The summed E-state index contributed by atoms with van der Waals surface area (Å²) in [4.78, 5) is 0. The molecule has 20 nitrogen and oxygen atoms in total. The monoisotopic (exact) mass is 588 g/mol. The number of hydrogen-bond acceptors (Lipinski definition) is 16. The molecule has 0 aromatic rings. The van der Waals surface area contributed by atoms with Crippen LogP contribution in [0, 0.1) is 0 Å². The van der Waals surface area contributed by atoms with Crippen LogP contribution in [0.5, 0.6) is 0 Å². The van der Waals surface area contributed by atoms with Crippen LogP contribution in [-0.4, -0.2) is 70.1 Å². The zero-order valence-electron chi connectivity index (χ0n) is 13.8. The van der Waals surface area contributed by atoms with E-state index in [0.29, 0.717) is 0 Å². The van der Waals surface area contributed by atoms with Gasteiger partial charge in [0.05, 0.1) is 22.7 Å². The normalized spacial score (nSPS) is 11.3. The van der Waals surface area contributed by atoms with E-state index in [1.165, 1.54) is 0 Å². The second-order valence-corrected chi connectivity index (χ2v) is 5.39. The molecule has 0 aliphatic heterocycles. The second-order valence-electron chi connectivity index (χ2n) is 1.80. The van der Waals surface area contributed by atoms with Crippen LogP contribution in [-0.2, 0) is 79.7 Å². The Kier molecular flexibility index (Phi) is 59.7. The maximum Gasteiger partial charge on any atom is 2.00 e. The van der Waals surface area contributed by atoms with Gasteiger partial charge in [-0.1, -0.05) is 0 Å². The second kappa shape index (κ2) is 29.2. The third-order valence-corrected chi connectivity index (χ3v) is 0.750. The smallest absolute Gasteiger partial charge is 0.759 e. The van der Waals surface area contributed by atoms with Gasteiger partial charge in [-0.3, -0.25) is 8.42 Å². The molecular formula is H10FeN2Na2O18S5. The SMILES string of the molecule is O=S(=O)([O-])OOS(=O)(=O)[O-].O=S(=O)([O-])[O-].O=S([O-])O.O=S([O-])O.[Fe+2].[NH4+].[NH4+].[Na+].[Na+]. The summed E-state index contributed by atoms with van der Waals surface area (Å²) >= 11 is -5.72. The first kappa shape index (κ1) is 57.3. The first-order valence-electron chi connectivity index (χ1n) is 3.20. The standard InChI is InChI=1S/Fe.2H3N.2Na.H2O8S2.H2O4S.2H2O3S/c;;;;;1-9(2,3)7-8-10(4,5)6;1-5(2,3)4;2*1-4(2)3/h;2*1H3;;;(H,1,2,3)(H,4,5,6);(H2,1,2,3,4);2*(H2,1,2,3)/q+2;;;2*+1;;;;/p-4. The van der Waals surface area contributed by atoms with Crippen molar-refractivity contribution in [2.24, 2.45) is 0 Å². The van der Waals surface area contributed by atoms with Crippen LogP contribution in [0.4, 0.5) is 0 Å². The van der Waals surface area contributed by atoms with Gasteiger partial charge >= 0.3 is 76.2 Å². The third-order valence-electron chi connectivity index (χ3n) is 0.194. The van der Waals surface area contributed by atoms with Gasteiger partial charge in [-0.25, -0.2) is 25.3 Å². The molecule has 0 aromatic carbocycles. The van der Waals surface area contributed by atoms with E-state index in [0.717, 1.165) is 0 Å². The maximum absolute atomic E-state index is 9.37. The molecule has 0 bridgehead atoms. The fourth-order valence-electron chi connectivity index (χ4n) is 0.0680. The van der Waals surface area contributed by atoms with Gasteiger partial charge in [0.15, 0.2) is 0 Å². The summed E-state index contributed by atoms with van der Waals surface area (Å²) in [6.45, 7) is 0.